The number of hydrogen-bond acceptors (Lipinski definition) is 3. The van der Waals surface area contributed by atoms with Crippen LogP contribution in [0.5, 0.6) is 0 Å². The third-order valence-electron chi connectivity index (χ3n) is 1.38. The topological polar surface area (TPSA) is 38.1 Å². The number of halogens is 2. The van der Waals surface area contributed by atoms with Gasteiger partial charge in [-0.25, -0.2) is 13.8 Å². The van der Waals surface area contributed by atoms with Crippen molar-refractivity contribution in [3.63, 3.8) is 0 Å². The number of nitrogens with zero attached hydrogens (tertiary/aromatic N) is 1. The molecule has 0 aliphatic rings. The molecule has 0 fully saturated rings. The van der Waals surface area contributed by atoms with Crippen molar-refractivity contribution in [2.75, 3.05) is 13.6 Å². The van der Waals surface area contributed by atoms with E-state index in [1.807, 2.05) is 0 Å². The minimum absolute atomic E-state index is 0.291. The van der Waals surface area contributed by atoms with Crippen LogP contribution in [0.3, 0.4) is 0 Å². The van der Waals surface area contributed by atoms with E-state index in [1.165, 1.54) is 0 Å². The summed E-state index contributed by atoms with van der Waals surface area (Å²) in [6.07, 6.45) is -1.02. The maximum atomic E-state index is 12.0. The van der Waals surface area contributed by atoms with E-state index in [4.69, 9.17) is 4.42 Å². The highest BCUT2D eigenvalue weighted by Gasteiger charge is 2.12. The molecule has 0 aliphatic carbocycles. The molecule has 0 aliphatic heterocycles. The Bertz CT molecular complexity index is 237. The molecule has 68 valence electrons. The van der Waals surface area contributed by atoms with E-state index in [2.05, 4.69) is 10.3 Å². The van der Waals surface area contributed by atoms with Crippen molar-refractivity contribution < 1.29 is 13.2 Å². The normalized spacial score (nSPS) is 11.0. The van der Waals surface area contributed by atoms with Gasteiger partial charge in [0.1, 0.15) is 12.0 Å². The summed E-state index contributed by atoms with van der Waals surface area (Å²) < 4.78 is 28.7. The molecule has 0 saturated carbocycles. The summed E-state index contributed by atoms with van der Waals surface area (Å²) >= 11 is 0. The summed E-state index contributed by atoms with van der Waals surface area (Å²) in [5.74, 6) is 0.347. The van der Waals surface area contributed by atoms with Crippen LogP contribution >= 0.6 is 0 Å². The first kappa shape index (κ1) is 9.12. The zero-order valence-electron chi connectivity index (χ0n) is 6.68. The highest BCUT2D eigenvalue weighted by molar-refractivity contribution is 4.97. The van der Waals surface area contributed by atoms with Crippen LogP contribution in [0.1, 0.15) is 18.0 Å². The van der Waals surface area contributed by atoms with Crippen molar-refractivity contribution >= 4 is 0 Å². The summed E-state index contributed by atoms with van der Waals surface area (Å²) in [6.45, 7) is 0.670. The van der Waals surface area contributed by atoms with E-state index in [9.17, 15) is 8.78 Å². The lowest BCUT2D eigenvalue weighted by Gasteiger charge is -1.92. The van der Waals surface area contributed by atoms with Crippen molar-refractivity contribution in [1.29, 1.82) is 0 Å². The van der Waals surface area contributed by atoms with E-state index in [0.717, 1.165) is 6.26 Å². The predicted octanol–water partition coefficient (Wildman–Crippen LogP) is 1.37. The van der Waals surface area contributed by atoms with Gasteiger partial charge in [-0.2, -0.15) is 0 Å². The number of likely N-dealkylation sites (N-methyl/N-ethyl adjacent to an activating group) is 1. The SMILES string of the molecule is CNCCc1nc(C(F)F)co1. The van der Waals surface area contributed by atoms with Gasteiger partial charge in [-0.3, -0.25) is 0 Å². The molecule has 0 atom stereocenters. The number of nitrogens with one attached hydrogen (secondary N) is 1. The average molecular weight is 176 g/mol. The zero-order valence-corrected chi connectivity index (χ0v) is 6.68. The summed E-state index contributed by atoms with van der Waals surface area (Å²) in [7, 11) is 1.77. The third-order valence-corrected chi connectivity index (χ3v) is 1.38. The van der Waals surface area contributed by atoms with Gasteiger partial charge >= 0.3 is 0 Å². The molecule has 5 heteroatoms. The molecule has 1 heterocycles. The minimum atomic E-state index is -2.54. The number of hydrogen-bond donors (Lipinski definition) is 1. The molecule has 0 unspecified atom stereocenters. The van der Waals surface area contributed by atoms with Gasteiger partial charge in [0, 0.05) is 13.0 Å². The fourth-order valence-electron chi connectivity index (χ4n) is 0.772. The summed E-state index contributed by atoms with van der Waals surface area (Å²) in [6, 6.07) is 0. The summed E-state index contributed by atoms with van der Waals surface area (Å²) in [5.41, 5.74) is -0.291. The predicted molar refractivity (Wildman–Crippen MR) is 39.1 cm³/mol. The number of aromatic nitrogens is 1. The van der Waals surface area contributed by atoms with Crippen molar-refractivity contribution in [3.8, 4) is 0 Å². The lowest BCUT2D eigenvalue weighted by Crippen LogP contribution is -2.10. The lowest BCUT2D eigenvalue weighted by atomic mass is 10.4. The van der Waals surface area contributed by atoms with E-state index in [1.54, 1.807) is 7.05 Å². The molecule has 1 N–H and O–H groups in total. The van der Waals surface area contributed by atoms with Gasteiger partial charge in [0.25, 0.3) is 6.43 Å². The number of alkyl halides is 2. The Morgan fingerprint density at radius 3 is 2.92 bits per heavy atom. The fraction of sp³-hybridized carbons (Fsp3) is 0.571. The van der Waals surface area contributed by atoms with Gasteiger partial charge < -0.3 is 9.73 Å². The average Bonchev–Trinajstić information content (AvgIpc) is 2.48. The Hall–Kier alpha value is -0.970. The van der Waals surface area contributed by atoms with Crippen LogP contribution in [0.4, 0.5) is 8.78 Å². The monoisotopic (exact) mass is 176 g/mol. The molecule has 3 nitrogen and oxygen atoms in total. The Kier molecular flexibility index (Phi) is 3.16. The Balaban J connectivity index is 2.52. The molecule has 0 amide bonds. The molecule has 0 bridgehead atoms. The second-order valence-corrected chi connectivity index (χ2v) is 2.32. The summed E-state index contributed by atoms with van der Waals surface area (Å²) in [5, 5.41) is 2.87. The largest absolute Gasteiger partial charge is 0.448 e. The van der Waals surface area contributed by atoms with Crippen molar-refractivity contribution in [2.24, 2.45) is 0 Å². The lowest BCUT2D eigenvalue weighted by molar-refractivity contribution is 0.146. The summed E-state index contributed by atoms with van der Waals surface area (Å²) in [4.78, 5) is 3.59. The van der Waals surface area contributed by atoms with Gasteiger partial charge in [0.2, 0.25) is 0 Å². The van der Waals surface area contributed by atoms with E-state index < -0.39 is 6.43 Å². The zero-order chi connectivity index (χ0) is 8.97. The van der Waals surface area contributed by atoms with Gasteiger partial charge in [0.15, 0.2) is 5.89 Å². The highest BCUT2D eigenvalue weighted by atomic mass is 19.3. The molecule has 1 rings (SSSR count). The van der Waals surface area contributed by atoms with Crippen molar-refractivity contribution in [1.82, 2.24) is 10.3 Å². The quantitative estimate of drug-likeness (QED) is 0.753. The van der Waals surface area contributed by atoms with Crippen molar-refractivity contribution in [2.45, 2.75) is 12.8 Å². The Labute approximate surface area is 68.8 Å². The standard InChI is InChI=1S/C7H10F2N2O/c1-10-3-2-6-11-5(4-12-6)7(8)9/h4,7,10H,2-3H2,1H3. The smallest absolute Gasteiger partial charge is 0.283 e. The highest BCUT2D eigenvalue weighted by Crippen LogP contribution is 2.17. The second kappa shape index (κ2) is 4.15. The van der Waals surface area contributed by atoms with Crippen LogP contribution in [0.2, 0.25) is 0 Å². The Morgan fingerprint density at radius 2 is 2.42 bits per heavy atom. The van der Waals surface area contributed by atoms with Crippen LogP contribution in [0.15, 0.2) is 10.7 Å². The van der Waals surface area contributed by atoms with Crippen molar-refractivity contribution in [3.05, 3.63) is 17.8 Å². The van der Waals surface area contributed by atoms with Gasteiger partial charge in [-0.15, -0.1) is 0 Å². The van der Waals surface area contributed by atoms with Gasteiger partial charge in [-0.1, -0.05) is 0 Å². The Morgan fingerprint density at radius 1 is 1.67 bits per heavy atom. The first-order valence-corrected chi connectivity index (χ1v) is 3.61. The number of oxazole rings is 1. The molecular weight excluding hydrogens is 166 g/mol. The number of rotatable bonds is 4. The van der Waals surface area contributed by atoms with E-state index >= 15 is 0 Å². The van der Waals surface area contributed by atoms with Crippen LogP contribution in [-0.2, 0) is 6.42 Å². The van der Waals surface area contributed by atoms with Gasteiger partial charge in [-0.05, 0) is 7.05 Å². The molecule has 0 aromatic carbocycles. The maximum Gasteiger partial charge on any atom is 0.283 e. The maximum absolute atomic E-state index is 12.0. The molecule has 0 spiro atoms. The fourth-order valence-corrected chi connectivity index (χ4v) is 0.772. The minimum Gasteiger partial charge on any atom is -0.448 e. The van der Waals surface area contributed by atoms with Crippen LogP contribution < -0.4 is 5.32 Å². The van der Waals surface area contributed by atoms with Crippen LogP contribution in [0, 0.1) is 0 Å². The van der Waals surface area contributed by atoms with E-state index in [0.29, 0.717) is 18.9 Å². The first-order valence-electron chi connectivity index (χ1n) is 3.61. The molecule has 0 saturated heterocycles. The molecular formula is C7H10F2N2O. The molecule has 1 aromatic rings. The van der Waals surface area contributed by atoms with Crippen LogP contribution in [0.25, 0.3) is 0 Å². The van der Waals surface area contributed by atoms with Crippen LogP contribution in [-0.4, -0.2) is 18.6 Å². The third kappa shape index (κ3) is 2.27. The molecule has 1 aromatic heterocycles. The first-order chi connectivity index (χ1) is 5.74. The second-order valence-electron chi connectivity index (χ2n) is 2.32. The molecule has 0 radical (unpaired) electrons. The van der Waals surface area contributed by atoms with Gasteiger partial charge in [0.05, 0.1) is 0 Å². The van der Waals surface area contributed by atoms with E-state index in [-0.39, 0.29) is 5.69 Å². The molecule has 12 heavy (non-hydrogen) atoms.